The lowest BCUT2D eigenvalue weighted by atomic mass is 10.0. The van der Waals surface area contributed by atoms with Crippen LogP contribution in [0.5, 0.6) is 0 Å². The van der Waals surface area contributed by atoms with E-state index in [1.165, 1.54) is 0 Å². The third kappa shape index (κ3) is 3.95. The molecule has 2 fully saturated rings. The zero-order chi connectivity index (χ0) is 15.2. The molecule has 0 aromatic heterocycles. The van der Waals surface area contributed by atoms with E-state index in [0.29, 0.717) is 26.2 Å². The molecule has 2 rings (SSSR count). The quantitative estimate of drug-likeness (QED) is 0.789. The Morgan fingerprint density at radius 1 is 1.38 bits per heavy atom. The monoisotopic (exact) mass is 298 g/mol. The first-order valence-electron chi connectivity index (χ1n) is 7.85. The number of hydrogen-bond donors (Lipinski definition) is 1. The van der Waals surface area contributed by atoms with Gasteiger partial charge in [-0.25, -0.2) is 0 Å². The van der Waals surface area contributed by atoms with E-state index < -0.39 is 0 Å². The molecule has 2 atom stereocenters. The minimum absolute atomic E-state index is 0.0137. The average Bonchev–Trinajstić information content (AvgIpc) is 2.72. The molecule has 1 N–H and O–H groups in total. The highest BCUT2D eigenvalue weighted by molar-refractivity contribution is 5.89. The number of methoxy groups -OCH3 is 1. The summed E-state index contributed by atoms with van der Waals surface area (Å²) in [5.41, 5.74) is 0. The number of carbonyl (C=O) groups is 2. The summed E-state index contributed by atoms with van der Waals surface area (Å²) in [5.74, 6) is -0.202. The lowest BCUT2D eigenvalue weighted by Gasteiger charge is -2.30. The second-order valence-corrected chi connectivity index (χ2v) is 5.95. The van der Waals surface area contributed by atoms with Crippen LogP contribution >= 0.6 is 0 Å². The first kappa shape index (κ1) is 16.2. The Morgan fingerprint density at radius 3 is 2.90 bits per heavy atom. The Bertz CT molecular complexity index is 375. The third-order valence-corrected chi connectivity index (χ3v) is 4.50. The fourth-order valence-corrected chi connectivity index (χ4v) is 3.25. The Hall–Kier alpha value is -1.14. The van der Waals surface area contributed by atoms with Crippen molar-refractivity contribution in [2.45, 2.75) is 38.1 Å². The molecule has 2 heterocycles. The molecule has 0 spiro atoms. The van der Waals surface area contributed by atoms with Crippen LogP contribution in [0.25, 0.3) is 0 Å². The Kier molecular flexibility index (Phi) is 5.99. The molecular weight excluding hydrogens is 272 g/mol. The Morgan fingerprint density at radius 2 is 2.19 bits per heavy atom. The topological polar surface area (TPSA) is 70.1 Å². The predicted octanol–water partition coefficient (Wildman–Crippen LogP) is 0.245. The number of rotatable bonds is 5. The molecule has 2 amide bonds. The minimum Gasteiger partial charge on any atom is -0.394 e. The number of aliphatic hydroxyl groups excluding tert-OH is 1. The van der Waals surface area contributed by atoms with Gasteiger partial charge < -0.3 is 19.6 Å². The molecule has 2 aliphatic rings. The van der Waals surface area contributed by atoms with Crippen LogP contribution in [0, 0.1) is 5.92 Å². The summed E-state index contributed by atoms with van der Waals surface area (Å²) >= 11 is 0. The van der Waals surface area contributed by atoms with Gasteiger partial charge in [0.1, 0.15) is 0 Å². The van der Waals surface area contributed by atoms with Crippen LogP contribution in [-0.2, 0) is 14.3 Å². The zero-order valence-corrected chi connectivity index (χ0v) is 12.8. The van der Waals surface area contributed by atoms with Gasteiger partial charge in [-0.3, -0.25) is 9.59 Å². The van der Waals surface area contributed by atoms with E-state index in [2.05, 4.69) is 0 Å². The molecule has 21 heavy (non-hydrogen) atoms. The molecular formula is C15H26N2O4. The van der Waals surface area contributed by atoms with Crippen molar-refractivity contribution < 1.29 is 19.4 Å². The first-order valence-corrected chi connectivity index (χ1v) is 7.85. The van der Waals surface area contributed by atoms with Crippen molar-refractivity contribution in [1.82, 2.24) is 9.80 Å². The van der Waals surface area contributed by atoms with Crippen LogP contribution in [0.4, 0.5) is 0 Å². The molecule has 6 heteroatoms. The number of likely N-dealkylation sites (tertiary alicyclic amines) is 2. The van der Waals surface area contributed by atoms with E-state index in [0.717, 1.165) is 25.7 Å². The number of aliphatic hydroxyl groups is 1. The van der Waals surface area contributed by atoms with E-state index in [-0.39, 0.29) is 36.8 Å². The molecule has 0 aromatic carbocycles. The maximum atomic E-state index is 12.7. The van der Waals surface area contributed by atoms with Crippen molar-refractivity contribution in [2.75, 3.05) is 40.0 Å². The van der Waals surface area contributed by atoms with Crippen LogP contribution < -0.4 is 0 Å². The molecule has 0 aliphatic carbocycles. The number of amides is 2. The van der Waals surface area contributed by atoms with Crippen molar-refractivity contribution in [3.63, 3.8) is 0 Å². The lowest BCUT2D eigenvalue weighted by molar-refractivity contribution is -0.138. The highest BCUT2D eigenvalue weighted by Crippen LogP contribution is 2.24. The van der Waals surface area contributed by atoms with Gasteiger partial charge in [0, 0.05) is 33.2 Å². The maximum absolute atomic E-state index is 12.7. The number of hydrogen-bond acceptors (Lipinski definition) is 4. The number of ether oxygens (including phenoxy) is 1. The molecule has 120 valence electrons. The molecule has 0 aromatic rings. The summed E-state index contributed by atoms with van der Waals surface area (Å²) in [6.07, 6.45) is 4.28. The molecule has 2 unspecified atom stereocenters. The van der Waals surface area contributed by atoms with Crippen LogP contribution in [0.2, 0.25) is 0 Å². The second-order valence-electron chi connectivity index (χ2n) is 5.95. The maximum Gasteiger partial charge on any atom is 0.228 e. The van der Waals surface area contributed by atoms with Crippen molar-refractivity contribution in [2.24, 2.45) is 5.92 Å². The average molecular weight is 298 g/mol. The smallest absolute Gasteiger partial charge is 0.228 e. The summed E-state index contributed by atoms with van der Waals surface area (Å²) in [7, 11) is 1.60. The zero-order valence-electron chi connectivity index (χ0n) is 12.8. The fraction of sp³-hybridized carbons (Fsp3) is 0.867. The molecule has 6 nitrogen and oxygen atoms in total. The van der Waals surface area contributed by atoms with E-state index in [1.807, 2.05) is 4.90 Å². The van der Waals surface area contributed by atoms with Gasteiger partial charge in [-0.2, -0.15) is 0 Å². The van der Waals surface area contributed by atoms with Gasteiger partial charge in [0.2, 0.25) is 11.8 Å². The standard InChI is InChI=1S/C15H26N2O4/c1-21-8-7-16-10-12(9-14(16)19)15(20)17-6-4-2-3-5-13(17)11-18/h12-13,18H,2-11H2,1H3. The van der Waals surface area contributed by atoms with E-state index >= 15 is 0 Å². The van der Waals surface area contributed by atoms with Gasteiger partial charge in [0.05, 0.1) is 25.2 Å². The Labute approximate surface area is 126 Å². The van der Waals surface area contributed by atoms with Crippen molar-refractivity contribution in [1.29, 1.82) is 0 Å². The number of carbonyl (C=O) groups excluding carboxylic acids is 2. The molecule has 0 radical (unpaired) electrons. The number of nitrogens with zero attached hydrogens (tertiary/aromatic N) is 2. The molecule has 0 bridgehead atoms. The van der Waals surface area contributed by atoms with Crippen LogP contribution in [0.1, 0.15) is 32.1 Å². The van der Waals surface area contributed by atoms with Gasteiger partial charge in [-0.1, -0.05) is 12.8 Å². The van der Waals surface area contributed by atoms with Crippen LogP contribution in [0.15, 0.2) is 0 Å². The van der Waals surface area contributed by atoms with Gasteiger partial charge in [-0.05, 0) is 12.8 Å². The lowest BCUT2D eigenvalue weighted by Crippen LogP contribution is -2.45. The van der Waals surface area contributed by atoms with Crippen LogP contribution in [0.3, 0.4) is 0 Å². The van der Waals surface area contributed by atoms with Crippen LogP contribution in [-0.4, -0.2) is 72.7 Å². The van der Waals surface area contributed by atoms with Crippen molar-refractivity contribution in [3.05, 3.63) is 0 Å². The van der Waals surface area contributed by atoms with Crippen molar-refractivity contribution >= 4 is 11.8 Å². The predicted molar refractivity (Wildman–Crippen MR) is 77.6 cm³/mol. The summed E-state index contributed by atoms with van der Waals surface area (Å²) in [4.78, 5) is 28.2. The first-order chi connectivity index (χ1) is 10.2. The summed E-state index contributed by atoms with van der Waals surface area (Å²) < 4.78 is 4.99. The third-order valence-electron chi connectivity index (χ3n) is 4.50. The summed E-state index contributed by atoms with van der Waals surface area (Å²) in [5, 5.41) is 9.51. The molecule has 2 aliphatic heterocycles. The van der Waals surface area contributed by atoms with E-state index in [4.69, 9.17) is 4.74 Å². The SMILES string of the molecule is COCCN1CC(C(=O)N2CCCCCC2CO)CC1=O. The van der Waals surface area contributed by atoms with Gasteiger partial charge in [-0.15, -0.1) is 0 Å². The molecule has 2 saturated heterocycles. The van der Waals surface area contributed by atoms with Gasteiger partial charge >= 0.3 is 0 Å². The molecule has 0 saturated carbocycles. The summed E-state index contributed by atoms with van der Waals surface area (Å²) in [6, 6.07) is -0.0804. The normalized spacial score (nSPS) is 27.0. The highest BCUT2D eigenvalue weighted by Gasteiger charge is 2.38. The minimum atomic E-state index is -0.262. The van der Waals surface area contributed by atoms with E-state index in [9.17, 15) is 14.7 Å². The largest absolute Gasteiger partial charge is 0.394 e. The van der Waals surface area contributed by atoms with E-state index in [1.54, 1.807) is 12.0 Å². The van der Waals surface area contributed by atoms with Gasteiger partial charge in [0.15, 0.2) is 0 Å². The summed E-state index contributed by atoms with van der Waals surface area (Å²) in [6.45, 7) is 2.24. The fourth-order valence-electron chi connectivity index (χ4n) is 3.25. The van der Waals surface area contributed by atoms with Crippen molar-refractivity contribution in [3.8, 4) is 0 Å². The highest BCUT2D eigenvalue weighted by atomic mass is 16.5. The Balaban J connectivity index is 1.97. The van der Waals surface area contributed by atoms with Gasteiger partial charge in [0.25, 0.3) is 0 Å². The second kappa shape index (κ2) is 7.75.